The van der Waals surface area contributed by atoms with Gasteiger partial charge in [-0.1, -0.05) is 12.1 Å². The van der Waals surface area contributed by atoms with Crippen LogP contribution in [0.15, 0.2) is 41.2 Å². The van der Waals surface area contributed by atoms with Crippen molar-refractivity contribution in [1.29, 1.82) is 0 Å². The highest BCUT2D eigenvalue weighted by molar-refractivity contribution is 6.07. The van der Waals surface area contributed by atoms with Gasteiger partial charge in [-0.3, -0.25) is 19.3 Å². The number of H-pyrrole nitrogens is 1. The molecule has 3 N–H and O–H groups in total. The Morgan fingerprint density at radius 1 is 1.00 bits per heavy atom. The number of rotatable bonds is 8. The molecule has 1 aromatic heterocycles. The molecule has 48 heavy (non-hydrogen) atoms. The normalized spacial score (nSPS) is 19.5. The van der Waals surface area contributed by atoms with Crippen LogP contribution in [-0.4, -0.2) is 79.8 Å². The van der Waals surface area contributed by atoms with Gasteiger partial charge in [0.25, 0.3) is 11.5 Å². The van der Waals surface area contributed by atoms with Crippen molar-refractivity contribution in [2.75, 3.05) is 56.3 Å². The summed E-state index contributed by atoms with van der Waals surface area (Å²) >= 11 is 0. The topological polar surface area (TPSA) is 116 Å². The van der Waals surface area contributed by atoms with Gasteiger partial charge in [0, 0.05) is 60.5 Å². The Balaban J connectivity index is 1.23. The average molecular weight is 654 g/mol. The van der Waals surface area contributed by atoms with E-state index < -0.39 is 5.41 Å². The molecule has 5 heterocycles. The van der Waals surface area contributed by atoms with Crippen molar-refractivity contribution in [2.24, 2.45) is 0 Å². The van der Waals surface area contributed by atoms with E-state index in [4.69, 9.17) is 9.47 Å². The maximum Gasteiger partial charge on any atom is 0.253 e. The first-order chi connectivity index (χ1) is 23.2. The zero-order chi connectivity index (χ0) is 33.6. The fourth-order valence-electron chi connectivity index (χ4n) is 8.20. The Morgan fingerprint density at radius 3 is 2.42 bits per heavy atom. The van der Waals surface area contributed by atoms with E-state index in [9.17, 15) is 14.4 Å². The highest BCUT2D eigenvalue weighted by Gasteiger charge is 2.49. The van der Waals surface area contributed by atoms with Crippen molar-refractivity contribution in [1.82, 2.24) is 15.2 Å². The summed E-state index contributed by atoms with van der Waals surface area (Å²) in [6.07, 6.45) is 3.43. The number of ether oxygens (including phenoxy) is 2. The van der Waals surface area contributed by atoms with Crippen LogP contribution in [0.25, 0.3) is 11.1 Å². The third-order valence-corrected chi connectivity index (χ3v) is 11.2. The van der Waals surface area contributed by atoms with E-state index in [-0.39, 0.29) is 23.9 Å². The quantitative estimate of drug-likeness (QED) is 0.326. The molecule has 0 saturated carbocycles. The van der Waals surface area contributed by atoms with Crippen molar-refractivity contribution in [3.05, 3.63) is 80.3 Å². The van der Waals surface area contributed by atoms with Crippen molar-refractivity contribution >= 4 is 23.2 Å². The Labute approximate surface area is 282 Å². The van der Waals surface area contributed by atoms with Crippen LogP contribution in [0.1, 0.15) is 70.9 Å². The van der Waals surface area contributed by atoms with Gasteiger partial charge in [0.05, 0.1) is 24.7 Å². The maximum absolute atomic E-state index is 14.0. The molecule has 7 rings (SSSR count). The zero-order valence-electron chi connectivity index (χ0n) is 28.5. The summed E-state index contributed by atoms with van der Waals surface area (Å²) in [5.74, 6) is -0.142. The van der Waals surface area contributed by atoms with E-state index in [1.54, 1.807) is 0 Å². The molecule has 10 nitrogen and oxygen atoms in total. The number of likely N-dealkylation sites (tertiary alicyclic amines) is 1. The molecule has 3 aromatic rings. The molecule has 0 atom stereocenters. The number of amides is 2. The minimum Gasteiger partial charge on any atom is -0.381 e. The third kappa shape index (κ3) is 5.84. The first kappa shape index (κ1) is 32.6. The summed E-state index contributed by atoms with van der Waals surface area (Å²) in [5, 5.41) is 6.26. The Bertz CT molecular complexity index is 1780. The lowest BCUT2D eigenvalue weighted by Gasteiger charge is -2.44. The molecule has 0 radical (unpaired) electrons. The van der Waals surface area contributed by atoms with Gasteiger partial charge in [-0.2, -0.15) is 0 Å². The molecule has 4 aliphatic heterocycles. The number of carbonyl (C=O) groups excluding carboxylic acids is 2. The number of aromatic amines is 1. The molecule has 2 amide bonds. The first-order valence-corrected chi connectivity index (χ1v) is 17.4. The smallest absolute Gasteiger partial charge is 0.253 e. The van der Waals surface area contributed by atoms with E-state index >= 15 is 0 Å². The lowest BCUT2D eigenvalue weighted by molar-refractivity contribution is -0.124. The van der Waals surface area contributed by atoms with Crippen LogP contribution in [0.2, 0.25) is 0 Å². The minimum atomic E-state index is -0.507. The van der Waals surface area contributed by atoms with Gasteiger partial charge < -0.3 is 30.0 Å². The number of benzene rings is 2. The number of carbonyl (C=O) groups is 2. The number of pyridine rings is 1. The second kappa shape index (κ2) is 13.1. The van der Waals surface area contributed by atoms with Crippen LogP contribution in [0.5, 0.6) is 0 Å². The molecule has 4 aliphatic rings. The third-order valence-electron chi connectivity index (χ3n) is 11.2. The monoisotopic (exact) mass is 653 g/mol. The molecule has 254 valence electrons. The summed E-state index contributed by atoms with van der Waals surface area (Å²) < 4.78 is 11.1. The SMILES string of the molecule is CCN(c1cc(-c2ccc3c(c2)NC(=O)C32CCN(C3COC3)CC2)cc(C(=O)NCc2c(C)cc(C)[nH]c2=O)c1C)C1CCOCC1. The number of hydrogen-bond donors (Lipinski definition) is 3. The minimum absolute atomic E-state index is 0.0851. The van der Waals surface area contributed by atoms with Crippen LogP contribution >= 0.6 is 0 Å². The van der Waals surface area contributed by atoms with Gasteiger partial charge in [-0.15, -0.1) is 0 Å². The second-order valence-corrected chi connectivity index (χ2v) is 13.9. The van der Waals surface area contributed by atoms with Crippen molar-refractivity contribution in [3.63, 3.8) is 0 Å². The fourth-order valence-corrected chi connectivity index (χ4v) is 8.20. The van der Waals surface area contributed by atoms with E-state index in [0.29, 0.717) is 23.2 Å². The Morgan fingerprint density at radius 2 is 1.75 bits per heavy atom. The number of nitrogens with zero attached hydrogens (tertiary/aromatic N) is 2. The molecule has 2 aromatic carbocycles. The van der Waals surface area contributed by atoms with Crippen LogP contribution in [0.4, 0.5) is 11.4 Å². The van der Waals surface area contributed by atoms with Gasteiger partial charge in [-0.05, 0) is 119 Å². The van der Waals surface area contributed by atoms with Crippen LogP contribution < -0.4 is 21.1 Å². The number of fused-ring (bicyclic) bond motifs is 2. The number of aromatic nitrogens is 1. The molecule has 3 fully saturated rings. The van der Waals surface area contributed by atoms with Gasteiger partial charge in [0.1, 0.15) is 0 Å². The largest absolute Gasteiger partial charge is 0.381 e. The summed E-state index contributed by atoms with van der Waals surface area (Å²) in [6.45, 7) is 13.6. The number of hydrogen-bond acceptors (Lipinski definition) is 7. The number of anilines is 2. The predicted octanol–water partition coefficient (Wildman–Crippen LogP) is 4.59. The van der Waals surface area contributed by atoms with Gasteiger partial charge in [0.2, 0.25) is 5.91 Å². The molecule has 1 spiro atoms. The zero-order valence-corrected chi connectivity index (χ0v) is 28.5. The Kier molecular flexibility index (Phi) is 8.91. The van der Waals surface area contributed by atoms with Crippen molar-refractivity contribution in [2.45, 2.75) is 77.4 Å². The Hall–Kier alpha value is -3.99. The van der Waals surface area contributed by atoms with Crippen LogP contribution in [-0.2, 0) is 26.2 Å². The standard InChI is InChI=1S/C38H47N5O5/c1-5-43(28-8-14-47-15-9-28)34-19-27(17-30(25(34)4)35(44)39-20-31-23(2)16-24(3)40-36(31)45)26-6-7-32-33(18-26)41-37(46)38(32)10-12-42(13-11-38)29-21-48-22-29/h6-7,16-19,28-29H,5,8-15,20-22H2,1-4H3,(H,39,44)(H,40,45)(H,41,46). The lowest BCUT2D eigenvalue weighted by atomic mass is 9.73. The molecular formula is C38H47N5O5. The fraction of sp³-hybridized carbons (Fsp3) is 0.500. The highest BCUT2D eigenvalue weighted by Crippen LogP contribution is 2.47. The first-order valence-electron chi connectivity index (χ1n) is 17.4. The van der Waals surface area contributed by atoms with Crippen LogP contribution in [0.3, 0.4) is 0 Å². The maximum atomic E-state index is 14.0. The van der Waals surface area contributed by atoms with Gasteiger partial charge >= 0.3 is 0 Å². The predicted molar refractivity (Wildman–Crippen MR) is 187 cm³/mol. The number of piperidine rings is 1. The lowest BCUT2D eigenvalue weighted by Crippen LogP contribution is -2.55. The van der Waals surface area contributed by atoms with E-state index in [1.165, 1.54) is 0 Å². The van der Waals surface area contributed by atoms with Gasteiger partial charge in [0.15, 0.2) is 0 Å². The highest BCUT2D eigenvalue weighted by atomic mass is 16.5. The summed E-state index contributed by atoms with van der Waals surface area (Å²) in [7, 11) is 0. The molecule has 3 saturated heterocycles. The van der Waals surface area contributed by atoms with Crippen LogP contribution in [0, 0.1) is 20.8 Å². The van der Waals surface area contributed by atoms with Crippen molar-refractivity contribution < 1.29 is 19.1 Å². The van der Waals surface area contributed by atoms with E-state index in [0.717, 1.165) is 117 Å². The van der Waals surface area contributed by atoms with E-state index in [2.05, 4.69) is 56.6 Å². The number of aryl methyl sites for hydroxylation is 2. The van der Waals surface area contributed by atoms with Gasteiger partial charge in [-0.25, -0.2) is 0 Å². The van der Waals surface area contributed by atoms with E-state index in [1.807, 2.05) is 32.9 Å². The summed E-state index contributed by atoms with van der Waals surface area (Å²) in [6, 6.07) is 13.1. The second-order valence-electron chi connectivity index (χ2n) is 13.9. The molecular weight excluding hydrogens is 606 g/mol. The molecule has 0 unspecified atom stereocenters. The van der Waals surface area contributed by atoms with Crippen molar-refractivity contribution in [3.8, 4) is 11.1 Å². The number of nitrogens with one attached hydrogen (secondary N) is 3. The summed E-state index contributed by atoms with van der Waals surface area (Å²) in [5.41, 5.74) is 7.77. The average Bonchev–Trinajstić information content (AvgIpc) is 3.31. The molecule has 0 bridgehead atoms. The molecule has 0 aliphatic carbocycles. The molecule has 10 heteroatoms. The summed E-state index contributed by atoms with van der Waals surface area (Å²) in [4.78, 5) is 47.9.